The first-order chi connectivity index (χ1) is 9.33. The van der Waals surface area contributed by atoms with Crippen LogP contribution in [0.3, 0.4) is 0 Å². The Labute approximate surface area is 122 Å². The molecule has 2 nitrogen and oxygen atoms in total. The predicted molar refractivity (Wildman–Crippen MR) is 84.7 cm³/mol. The number of para-hydroxylation sites is 1. The topological polar surface area (TPSA) is 24.1 Å². The molecular weight excluding hydrogens is 300 g/mol. The number of hydrogen-bond donors (Lipinski definition) is 2. The molecule has 0 amide bonds. The largest absolute Gasteiger partial charge is 0.385 e. The first-order valence-corrected chi connectivity index (χ1v) is 7.46. The fraction of sp³-hybridized carbons (Fsp3) is 0.250. The lowest BCUT2D eigenvalue weighted by molar-refractivity contribution is 0.825. The highest BCUT2D eigenvalue weighted by Gasteiger charge is 2.11. The van der Waals surface area contributed by atoms with Gasteiger partial charge in [-0.3, -0.25) is 0 Å². The fourth-order valence-corrected chi connectivity index (χ4v) is 2.92. The molecule has 0 aromatic heterocycles. The summed E-state index contributed by atoms with van der Waals surface area (Å²) in [6.07, 6.45) is 2.42. The summed E-state index contributed by atoms with van der Waals surface area (Å²) in [6.45, 7) is 1.94. The van der Waals surface area contributed by atoms with Gasteiger partial charge in [-0.2, -0.15) is 0 Å². The summed E-state index contributed by atoms with van der Waals surface area (Å²) >= 11 is 3.50. The molecule has 2 aromatic carbocycles. The van der Waals surface area contributed by atoms with Gasteiger partial charge in [0, 0.05) is 28.9 Å². The lowest BCUT2D eigenvalue weighted by Gasteiger charge is -2.21. The maximum atomic E-state index is 3.53. The van der Waals surface area contributed by atoms with Gasteiger partial charge in [0.1, 0.15) is 0 Å². The second-order valence-corrected chi connectivity index (χ2v) is 5.76. The van der Waals surface area contributed by atoms with Crippen molar-refractivity contribution in [2.24, 2.45) is 0 Å². The summed E-state index contributed by atoms with van der Waals surface area (Å²) in [6, 6.07) is 14.9. The Balaban J connectivity index is 1.77. The normalized spacial score (nSPS) is 13.5. The van der Waals surface area contributed by atoms with E-state index in [0.717, 1.165) is 23.2 Å². The van der Waals surface area contributed by atoms with E-state index in [4.69, 9.17) is 0 Å². The third-order valence-electron chi connectivity index (χ3n) is 3.47. The molecule has 2 aromatic rings. The molecule has 0 saturated heterocycles. The third kappa shape index (κ3) is 2.92. The van der Waals surface area contributed by atoms with Crippen molar-refractivity contribution in [1.29, 1.82) is 0 Å². The Bertz CT molecular complexity index is 581. The Hall–Kier alpha value is -1.48. The highest BCUT2D eigenvalue weighted by atomic mass is 79.9. The van der Waals surface area contributed by atoms with E-state index in [1.165, 1.54) is 29.7 Å². The molecule has 1 aliphatic rings. The standard InChI is InChI=1S/C16H17BrN2/c17-14-7-2-8-15(10-14)19-11-13-5-1-4-12-6-3-9-18-16(12)13/h1-2,4-5,7-8,10,18-19H,3,6,9,11H2. The van der Waals surface area contributed by atoms with Gasteiger partial charge in [0.2, 0.25) is 0 Å². The van der Waals surface area contributed by atoms with Gasteiger partial charge in [-0.25, -0.2) is 0 Å². The van der Waals surface area contributed by atoms with E-state index < -0.39 is 0 Å². The number of halogens is 1. The summed E-state index contributed by atoms with van der Waals surface area (Å²) in [4.78, 5) is 0. The number of hydrogen-bond acceptors (Lipinski definition) is 2. The maximum Gasteiger partial charge on any atom is 0.0423 e. The number of nitrogens with one attached hydrogen (secondary N) is 2. The van der Waals surface area contributed by atoms with Crippen molar-refractivity contribution in [3.63, 3.8) is 0 Å². The van der Waals surface area contributed by atoms with E-state index in [1.54, 1.807) is 0 Å². The smallest absolute Gasteiger partial charge is 0.0423 e. The van der Waals surface area contributed by atoms with Gasteiger partial charge in [0.15, 0.2) is 0 Å². The molecule has 3 heteroatoms. The van der Waals surface area contributed by atoms with Crippen LogP contribution in [-0.2, 0) is 13.0 Å². The molecule has 19 heavy (non-hydrogen) atoms. The summed E-state index contributed by atoms with van der Waals surface area (Å²) in [5, 5.41) is 7.01. The minimum Gasteiger partial charge on any atom is -0.385 e. The van der Waals surface area contributed by atoms with Crippen molar-refractivity contribution in [3.8, 4) is 0 Å². The molecule has 0 unspecified atom stereocenters. The number of fused-ring (bicyclic) bond motifs is 1. The maximum absolute atomic E-state index is 3.53. The number of benzene rings is 2. The molecule has 0 radical (unpaired) electrons. The van der Waals surface area contributed by atoms with E-state index in [1.807, 2.05) is 12.1 Å². The Kier molecular flexibility index (Phi) is 3.74. The molecule has 3 rings (SSSR count). The van der Waals surface area contributed by atoms with E-state index in [2.05, 4.69) is 56.9 Å². The Morgan fingerprint density at radius 3 is 2.95 bits per heavy atom. The van der Waals surface area contributed by atoms with Crippen LogP contribution in [0.5, 0.6) is 0 Å². The zero-order valence-electron chi connectivity index (χ0n) is 10.7. The zero-order valence-corrected chi connectivity index (χ0v) is 12.3. The van der Waals surface area contributed by atoms with Crippen LogP contribution in [0.25, 0.3) is 0 Å². The highest BCUT2D eigenvalue weighted by Crippen LogP contribution is 2.27. The second-order valence-electron chi connectivity index (χ2n) is 4.85. The first kappa shape index (κ1) is 12.5. The molecule has 0 spiro atoms. The van der Waals surface area contributed by atoms with Crippen LogP contribution in [0.1, 0.15) is 17.5 Å². The third-order valence-corrected chi connectivity index (χ3v) is 3.96. The molecule has 0 saturated carbocycles. The molecule has 0 aliphatic carbocycles. The molecule has 98 valence electrons. The van der Waals surface area contributed by atoms with Gasteiger partial charge in [-0.1, -0.05) is 40.2 Å². The molecule has 2 N–H and O–H groups in total. The average molecular weight is 317 g/mol. The van der Waals surface area contributed by atoms with Crippen LogP contribution < -0.4 is 10.6 Å². The Morgan fingerprint density at radius 2 is 2.05 bits per heavy atom. The SMILES string of the molecule is Brc1cccc(NCc2cccc3c2NCCC3)c1. The van der Waals surface area contributed by atoms with Crippen molar-refractivity contribution < 1.29 is 0 Å². The Morgan fingerprint density at radius 1 is 1.16 bits per heavy atom. The summed E-state index contributed by atoms with van der Waals surface area (Å²) in [5.74, 6) is 0. The molecule has 0 bridgehead atoms. The number of anilines is 2. The lowest BCUT2D eigenvalue weighted by Crippen LogP contribution is -2.14. The molecular formula is C16H17BrN2. The van der Waals surface area contributed by atoms with Gasteiger partial charge in [-0.05, 0) is 42.2 Å². The van der Waals surface area contributed by atoms with E-state index >= 15 is 0 Å². The van der Waals surface area contributed by atoms with Gasteiger partial charge >= 0.3 is 0 Å². The first-order valence-electron chi connectivity index (χ1n) is 6.67. The molecule has 1 heterocycles. The molecule has 0 fully saturated rings. The van der Waals surface area contributed by atoms with Crippen LogP contribution in [0.15, 0.2) is 46.9 Å². The monoisotopic (exact) mass is 316 g/mol. The highest BCUT2D eigenvalue weighted by molar-refractivity contribution is 9.10. The average Bonchev–Trinajstić information content (AvgIpc) is 2.45. The quantitative estimate of drug-likeness (QED) is 0.876. The van der Waals surface area contributed by atoms with Crippen molar-refractivity contribution in [2.45, 2.75) is 19.4 Å². The molecule has 1 aliphatic heterocycles. The lowest BCUT2D eigenvalue weighted by atomic mass is 9.99. The number of aryl methyl sites for hydroxylation is 1. The fourth-order valence-electron chi connectivity index (χ4n) is 2.52. The van der Waals surface area contributed by atoms with Gasteiger partial charge in [0.25, 0.3) is 0 Å². The summed E-state index contributed by atoms with van der Waals surface area (Å²) < 4.78 is 1.10. The van der Waals surface area contributed by atoms with Crippen molar-refractivity contribution >= 4 is 27.3 Å². The summed E-state index contributed by atoms with van der Waals surface area (Å²) in [7, 11) is 0. The van der Waals surface area contributed by atoms with Crippen LogP contribution in [0.4, 0.5) is 11.4 Å². The van der Waals surface area contributed by atoms with Gasteiger partial charge in [-0.15, -0.1) is 0 Å². The van der Waals surface area contributed by atoms with Gasteiger partial charge < -0.3 is 10.6 Å². The van der Waals surface area contributed by atoms with E-state index in [-0.39, 0.29) is 0 Å². The van der Waals surface area contributed by atoms with Crippen LogP contribution in [0.2, 0.25) is 0 Å². The number of rotatable bonds is 3. The minimum absolute atomic E-state index is 0.854. The van der Waals surface area contributed by atoms with Crippen molar-refractivity contribution in [2.75, 3.05) is 17.2 Å². The van der Waals surface area contributed by atoms with Crippen LogP contribution in [0, 0.1) is 0 Å². The zero-order chi connectivity index (χ0) is 13.1. The van der Waals surface area contributed by atoms with Crippen LogP contribution in [-0.4, -0.2) is 6.54 Å². The van der Waals surface area contributed by atoms with Crippen molar-refractivity contribution in [1.82, 2.24) is 0 Å². The van der Waals surface area contributed by atoms with E-state index in [9.17, 15) is 0 Å². The van der Waals surface area contributed by atoms with Crippen molar-refractivity contribution in [3.05, 3.63) is 58.1 Å². The van der Waals surface area contributed by atoms with Crippen LogP contribution >= 0.6 is 15.9 Å². The minimum atomic E-state index is 0.854. The second kappa shape index (κ2) is 5.66. The van der Waals surface area contributed by atoms with E-state index in [0.29, 0.717) is 0 Å². The predicted octanol–water partition coefficient (Wildman–Crippen LogP) is 4.42. The molecule has 0 atom stereocenters. The van der Waals surface area contributed by atoms with Gasteiger partial charge in [0.05, 0.1) is 0 Å². The summed E-state index contributed by atoms with van der Waals surface area (Å²) in [5.41, 5.74) is 5.26.